The highest BCUT2D eigenvalue weighted by atomic mass is 16.5. The number of nitrogens with zero attached hydrogens (tertiary/aromatic N) is 1. The van der Waals surface area contributed by atoms with Crippen LogP contribution in [0, 0.1) is 11.3 Å². The summed E-state index contributed by atoms with van der Waals surface area (Å²) in [5.41, 5.74) is 9.60. The summed E-state index contributed by atoms with van der Waals surface area (Å²) >= 11 is 0. The van der Waals surface area contributed by atoms with Crippen molar-refractivity contribution >= 4 is 32.3 Å². The molecule has 0 saturated heterocycles. The highest BCUT2D eigenvalue weighted by molar-refractivity contribution is 6.31. The second-order valence-corrected chi connectivity index (χ2v) is 11.9. The van der Waals surface area contributed by atoms with Crippen LogP contribution in [-0.2, 0) is 0 Å². The largest absolute Gasteiger partial charge is 0.497 e. The van der Waals surface area contributed by atoms with Crippen molar-refractivity contribution < 1.29 is 14.2 Å². The molecule has 0 heterocycles. The quantitative estimate of drug-likeness (QED) is 0.166. The number of hydrogen-bond donors (Lipinski definition) is 0. The van der Waals surface area contributed by atoms with E-state index < -0.39 is 0 Å². The fraction of sp³-hybridized carbons (Fsp3) is 0.0682. The van der Waals surface area contributed by atoms with Gasteiger partial charge in [0.05, 0.1) is 33.0 Å². The molecule has 0 fully saturated rings. The molecule has 0 aliphatic heterocycles. The van der Waals surface area contributed by atoms with Gasteiger partial charge >= 0.3 is 0 Å². The number of ether oxygens (including phenoxy) is 3. The normalized spacial score (nSPS) is 11.2. The predicted octanol–water partition coefficient (Wildman–Crippen LogP) is 11.1. The lowest BCUT2D eigenvalue weighted by Gasteiger charge is -2.21. The van der Waals surface area contributed by atoms with Crippen molar-refractivity contribution in [3.63, 3.8) is 0 Å². The third-order valence-electron chi connectivity index (χ3n) is 9.43. The number of benzene rings is 8. The van der Waals surface area contributed by atoms with Gasteiger partial charge in [-0.25, -0.2) is 0 Å². The van der Waals surface area contributed by atoms with Crippen LogP contribution in [0.25, 0.3) is 76.8 Å². The van der Waals surface area contributed by atoms with Crippen LogP contribution in [0.2, 0.25) is 0 Å². The van der Waals surface area contributed by atoms with Crippen LogP contribution < -0.4 is 14.2 Å². The van der Waals surface area contributed by atoms with Crippen LogP contribution in [-0.4, -0.2) is 21.3 Å². The maximum Gasteiger partial charge on any atom is 0.118 e. The van der Waals surface area contributed by atoms with Crippen LogP contribution in [0.5, 0.6) is 17.2 Å². The molecule has 0 radical (unpaired) electrons. The summed E-state index contributed by atoms with van der Waals surface area (Å²) in [5.74, 6) is 2.46. The molecule has 230 valence electrons. The molecule has 8 aromatic rings. The first-order valence-electron chi connectivity index (χ1n) is 15.8. The summed E-state index contributed by atoms with van der Waals surface area (Å²) < 4.78 is 16.5. The van der Waals surface area contributed by atoms with Gasteiger partial charge in [0.2, 0.25) is 0 Å². The standard InChI is InChI=1S/C44H31NO3/c1-46-32-14-8-29(9-15-32)40-24-39(28-6-4-27(26-45)5-7-28)35-20-21-37-41(30-10-16-33(47-2)17-11-30)25-42(31-12-18-34(48-3)19-13-31)38-23-22-36(40)43(35)44(37)38/h4-25H,1-3H3. The van der Waals surface area contributed by atoms with Gasteiger partial charge in [0, 0.05) is 0 Å². The molecule has 0 aliphatic rings. The minimum absolute atomic E-state index is 0.639. The number of methoxy groups -OCH3 is 3. The maximum absolute atomic E-state index is 9.52. The first-order valence-corrected chi connectivity index (χ1v) is 15.8. The van der Waals surface area contributed by atoms with Gasteiger partial charge in [-0.15, -0.1) is 0 Å². The van der Waals surface area contributed by atoms with E-state index in [4.69, 9.17) is 14.2 Å². The Labute approximate surface area is 279 Å². The highest BCUT2D eigenvalue weighted by Gasteiger charge is 2.21. The summed E-state index contributed by atoms with van der Waals surface area (Å²) in [4.78, 5) is 0. The second kappa shape index (κ2) is 11.8. The highest BCUT2D eigenvalue weighted by Crippen LogP contribution is 2.48. The lowest BCUT2D eigenvalue weighted by molar-refractivity contribution is 0.415. The number of rotatable bonds is 7. The monoisotopic (exact) mass is 621 g/mol. The van der Waals surface area contributed by atoms with E-state index in [-0.39, 0.29) is 0 Å². The van der Waals surface area contributed by atoms with Crippen molar-refractivity contribution in [2.75, 3.05) is 21.3 Å². The molecule has 0 unspecified atom stereocenters. The minimum Gasteiger partial charge on any atom is -0.497 e. The Morgan fingerprint density at radius 1 is 0.375 bits per heavy atom. The second-order valence-electron chi connectivity index (χ2n) is 11.9. The molecule has 8 rings (SSSR count). The topological polar surface area (TPSA) is 51.5 Å². The van der Waals surface area contributed by atoms with E-state index in [1.54, 1.807) is 21.3 Å². The molecule has 4 nitrogen and oxygen atoms in total. The zero-order chi connectivity index (χ0) is 32.8. The van der Waals surface area contributed by atoms with Crippen molar-refractivity contribution in [3.8, 4) is 67.8 Å². The molecule has 0 atom stereocenters. The maximum atomic E-state index is 9.52. The zero-order valence-corrected chi connectivity index (χ0v) is 26.9. The third kappa shape index (κ3) is 4.76. The Morgan fingerprint density at radius 2 is 0.646 bits per heavy atom. The van der Waals surface area contributed by atoms with Gasteiger partial charge < -0.3 is 14.2 Å². The lowest BCUT2D eigenvalue weighted by Crippen LogP contribution is -1.94. The smallest absolute Gasteiger partial charge is 0.118 e. The van der Waals surface area contributed by atoms with Gasteiger partial charge in [-0.3, -0.25) is 0 Å². The molecule has 8 aromatic carbocycles. The van der Waals surface area contributed by atoms with E-state index in [1.807, 2.05) is 60.7 Å². The average Bonchev–Trinajstić information content (AvgIpc) is 3.16. The minimum atomic E-state index is 0.639. The Balaban J connectivity index is 1.52. The van der Waals surface area contributed by atoms with E-state index in [1.165, 1.54) is 26.9 Å². The fourth-order valence-electron chi connectivity index (χ4n) is 6.98. The van der Waals surface area contributed by atoms with E-state index in [2.05, 4.69) is 78.9 Å². The first kappa shape index (κ1) is 29.1. The third-order valence-corrected chi connectivity index (χ3v) is 9.43. The van der Waals surface area contributed by atoms with Gasteiger partial charge in [0.1, 0.15) is 17.2 Å². The van der Waals surface area contributed by atoms with Gasteiger partial charge in [-0.1, -0.05) is 72.8 Å². The van der Waals surface area contributed by atoms with Crippen LogP contribution in [0.3, 0.4) is 0 Å². The first-order chi connectivity index (χ1) is 23.6. The molecular weight excluding hydrogens is 590 g/mol. The Bertz CT molecular complexity index is 2410. The van der Waals surface area contributed by atoms with Gasteiger partial charge in [0.15, 0.2) is 0 Å². The van der Waals surface area contributed by atoms with Crippen molar-refractivity contribution in [2.24, 2.45) is 0 Å². The molecule has 0 bridgehead atoms. The fourth-order valence-corrected chi connectivity index (χ4v) is 6.98. The van der Waals surface area contributed by atoms with E-state index in [0.717, 1.165) is 67.1 Å². The Morgan fingerprint density at radius 3 is 0.896 bits per heavy atom. The molecule has 0 spiro atoms. The summed E-state index contributed by atoms with van der Waals surface area (Å²) in [7, 11) is 5.08. The zero-order valence-electron chi connectivity index (χ0n) is 26.9. The Kier molecular flexibility index (Phi) is 7.16. The van der Waals surface area contributed by atoms with Crippen LogP contribution >= 0.6 is 0 Å². The molecule has 0 saturated carbocycles. The molecular formula is C44H31NO3. The van der Waals surface area contributed by atoms with Gasteiger partial charge in [-0.2, -0.15) is 5.26 Å². The van der Waals surface area contributed by atoms with Crippen LogP contribution in [0.15, 0.2) is 133 Å². The molecule has 0 aromatic heterocycles. The van der Waals surface area contributed by atoms with Crippen molar-refractivity contribution in [3.05, 3.63) is 139 Å². The van der Waals surface area contributed by atoms with E-state index >= 15 is 0 Å². The molecule has 4 heteroatoms. The van der Waals surface area contributed by atoms with Gasteiger partial charge in [0.25, 0.3) is 0 Å². The molecule has 0 amide bonds. The predicted molar refractivity (Wildman–Crippen MR) is 196 cm³/mol. The van der Waals surface area contributed by atoms with E-state index in [0.29, 0.717) is 5.56 Å². The molecule has 0 N–H and O–H groups in total. The van der Waals surface area contributed by atoms with E-state index in [9.17, 15) is 5.26 Å². The molecule has 0 aliphatic carbocycles. The van der Waals surface area contributed by atoms with Crippen LogP contribution in [0.1, 0.15) is 5.56 Å². The summed E-state index contributed by atoms with van der Waals surface area (Å²) in [6, 6.07) is 48.7. The summed E-state index contributed by atoms with van der Waals surface area (Å²) in [5, 5.41) is 16.7. The number of nitriles is 1. The van der Waals surface area contributed by atoms with Crippen molar-refractivity contribution in [2.45, 2.75) is 0 Å². The van der Waals surface area contributed by atoms with Crippen LogP contribution in [0.4, 0.5) is 0 Å². The van der Waals surface area contributed by atoms with Crippen molar-refractivity contribution in [1.29, 1.82) is 5.26 Å². The average molecular weight is 622 g/mol. The lowest BCUT2D eigenvalue weighted by atomic mass is 9.82. The van der Waals surface area contributed by atoms with Gasteiger partial charge in [-0.05, 0) is 137 Å². The summed E-state index contributed by atoms with van der Waals surface area (Å²) in [6.07, 6.45) is 0. The Hall–Kier alpha value is -6.31. The molecule has 48 heavy (non-hydrogen) atoms. The summed E-state index contributed by atoms with van der Waals surface area (Å²) in [6.45, 7) is 0. The SMILES string of the molecule is COc1ccc(-c2cc(-c3ccc(C#N)cc3)c3ccc4c(-c5ccc(OC)cc5)cc(-c5ccc(OC)cc5)c5ccc2c3c45)cc1. The van der Waals surface area contributed by atoms with Crippen molar-refractivity contribution in [1.82, 2.24) is 0 Å². The number of hydrogen-bond acceptors (Lipinski definition) is 4.